The van der Waals surface area contributed by atoms with Crippen molar-refractivity contribution in [3.63, 3.8) is 0 Å². The number of rotatable bonds is 6. The Morgan fingerprint density at radius 2 is 1.41 bits per heavy atom. The molecule has 0 heterocycles. The van der Waals surface area contributed by atoms with Gasteiger partial charge in [0.1, 0.15) is 0 Å². The molecule has 2 aromatic rings. The van der Waals surface area contributed by atoms with Gasteiger partial charge in [-0.15, -0.1) is 0 Å². The zero-order chi connectivity index (χ0) is 23.9. The Bertz CT molecular complexity index is 968. The van der Waals surface area contributed by atoms with E-state index in [0.717, 1.165) is 12.1 Å². The van der Waals surface area contributed by atoms with Gasteiger partial charge in [0, 0.05) is 29.8 Å². The maximum absolute atomic E-state index is 13.0. The summed E-state index contributed by atoms with van der Waals surface area (Å²) in [5.74, 6) is -0.555. The van der Waals surface area contributed by atoms with Crippen LogP contribution in [-0.2, 0) is 11.0 Å². The molecule has 32 heavy (non-hydrogen) atoms. The second-order valence-corrected chi connectivity index (χ2v) is 7.96. The fraction of sp³-hybridized carbons (Fsp3) is 0.318. The van der Waals surface area contributed by atoms with E-state index in [2.05, 4.69) is 21.3 Å². The van der Waals surface area contributed by atoms with Gasteiger partial charge in [-0.3, -0.25) is 9.59 Å². The molecule has 172 valence electrons. The van der Waals surface area contributed by atoms with Crippen molar-refractivity contribution in [1.82, 2.24) is 10.6 Å². The van der Waals surface area contributed by atoms with Crippen molar-refractivity contribution in [2.24, 2.45) is 5.41 Å². The third-order valence-electron chi connectivity index (χ3n) is 4.26. The smallest absolute Gasteiger partial charge is 0.350 e. The number of carbonyl (C=O) groups excluding carboxylic acids is 3. The number of alkyl halides is 3. The summed E-state index contributed by atoms with van der Waals surface area (Å²) in [5, 5.41) is 9.87. The first kappa shape index (κ1) is 24.7. The van der Waals surface area contributed by atoms with Crippen molar-refractivity contribution in [1.29, 1.82) is 0 Å². The minimum Gasteiger partial charge on any atom is -0.350 e. The van der Waals surface area contributed by atoms with Crippen LogP contribution in [0.25, 0.3) is 0 Å². The van der Waals surface area contributed by atoms with Gasteiger partial charge in [-0.2, -0.15) is 13.2 Å². The van der Waals surface area contributed by atoms with E-state index in [-0.39, 0.29) is 24.7 Å². The number of urea groups is 1. The Hall–Kier alpha value is -3.56. The van der Waals surface area contributed by atoms with Crippen LogP contribution in [0.1, 0.15) is 36.7 Å². The topological polar surface area (TPSA) is 99.3 Å². The zero-order valence-corrected chi connectivity index (χ0v) is 17.9. The fourth-order valence-corrected chi connectivity index (χ4v) is 2.48. The maximum Gasteiger partial charge on any atom is 0.418 e. The standard InChI is InChI=1S/C22H25F3N4O3/c1-21(2,3)19(31)28-15-10-8-14(9-11-15)18(30)26-12-13-27-20(32)29-17-7-5-4-6-16(17)22(23,24)25/h4-11H,12-13H2,1-3H3,(H,26,30)(H,28,31)(H2,27,29,32). The number of para-hydroxylation sites is 1. The van der Waals surface area contributed by atoms with E-state index in [1.165, 1.54) is 12.1 Å². The average Bonchev–Trinajstić information content (AvgIpc) is 2.70. The normalized spacial score (nSPS) is 11.4. The van der Waals surface area contributed by atoms with Crippen molar-refractivity contribution >= 4 is 29.2 Å². The van der Waals surface area contributed by atoms with Crippen molar-refractivity contribution < 1.29 is 27.6 Å². The number of hydrogen-bond acceptors (Lipinski definition) is 3. The molecule has 4 N–H and O–H groups in total. The summed E-state index contributed by atoms with van der Waals surface area (Å²) in [7, 11) is 0. The minimum atomic E-state index is -4.59. The van der Waals surface area contributed by atoms with Crippen molar-refractivity contribution in [3.8, 4) is 0 Å². The van der Waals surface area contributed by atoms with Crippen LogP contribution in [0, 0.1) is 5.41 Å². The van der Waals surface area contributed by atoms with E-state index in [1.807, 2.05) is 0 Å². The Kier molecular flexibility index (Phi) is 7.85. The molecule has 7 nitrogen and oxygen atoms in total. The lowest BCUT2D eigenvalue weighted by Crippen LogP contribution is -2.37. The Morgan fingerprint density at radius 1 is 0.812 bits per heavy atom. The number of amides is 4. The molecule has 0 unspecified atom stereocenters. The maximum atomic E-state index is 13.0. The molecule has 0 radical (unpaired) electrons. The van der Waals surface area contributed by atoms with Crippen LogP contribution in [0.5, 0.6) is 0 Å². The van der Waals surface area contributed by atoms with Gasteiger partial charge in [0.15, 0.2) is 0 Å². The van der Waals surface area contributed by atoms with Crippen molar-refractivity contribution in [2.45, 2.75) is 26.9 Å². The van der Waals surface area contributed by atoms with Gasteiger partial charge >= 0.3 is 12.2 Å². The highest BCUT2D eigenvalue weighted by atomic mass is 19.4. The lowest BCUT2D eigenvalue weighted by molar-refractivity contribution is -0.137. The van der Waals surface area contributed by atoms with E-state index in [0.29, 0.717) is 11.3 Å². The summed E-state index contributed by atoms with van der Waals surface area (Å²) in [6.45, 7) is 5.43. The van der Waals surface area contributed by atoms with Gasteiger partial charge < -0.3 is 21.3 Å². The molecule has 0 aliphatic heterocycles. The summed E-state index contributed by atoms with van der Waals surface area (Å²) >= 11 is 0. The van der Waals surface area contributed by atoms with E-state index in [9.17, 15) is 27.6 Å². The molecule has 0 bridgehead atoms. The fourth-order valence-electron chi connectivity index (χ4n) is 2.48. The summed E-state index contributed by atoms with van der Waals surface area (Å²) in [6.07, 6.45) is -4.59. The Morgan fingerprint density at radius 3 is 2.00 bits per heavy atom. The molecule has 0 aromatic heterocycles. The van der Waals surface area contributed by atoms with Crippen LogP contribution in [0.2, 0.25) is 0 Å². The summed E-state index contributed by atoms with van der Waals surface area (Å²) < 4.78 is 38.9. The highest BCUT2D eigenvalue weighted by Gasteiger charge is 2.33. The van der Waals surface area contributed by atoms with Crippen LogP contribution < -0.4 is 21.3 Å². The molecular formula is C22H25F3N4O3. The summed E-state index contributed by atoms with van der Waals surface area (Å²) in [6, 6.07) is 10.1. The van der Waals surface area contributed by atoms with Gasteiger partial charge in [0.05, 0.1) is 11.3 Å². The number of carbonyl (C=O) groups is 3. The molecule has 0 saturated carbocycles. The molecule has 0 fully saturated rings. The van der Waals surface area contributed by atoms with E-state index >= 15 is 0 Å². The van der Waals surface area contributed by atoms with Crippen LogP contribution in [0.3, 0.4) is 0 Å². The van der Waals surface area contributed by atoms with Crippen molar-refractivity contribution in [3.05, 3.63) is 59.7 Å². The lowest BCUT2D eigenvalue weighted by atomic mass is 9.95. The minimum absolute atomic E-state index is 0.00544. The first-order valence-electron chi connectivity index (χ1n) is 9.79. The molecule has 10 heteroatoms. The molecule has 2 rings (SSSR count). The molecule has 0 atom stereocenters. The summed E-state index contributed by atoms with van der Waals surface area (Å²) in [4.78, 5) is 36.0. The molecule has 2 aromatic carbocycles. The average molecular weight is 450 g/mol. The van der Waals surface area contributed by atoms with Crippen LogP contribution in [0.4, 0.5) is 29.3 Å². The molecule has 0 saturated heterocycles. The number of halogens is 3. The van der Waals surface area contributed by atoms with Crippen LogP contribution >= 0.6 is 0 Å². The number of nitrogens with one attached hydrogen (secondary N) is 4. The molecular weight excluding hydrogens is 425 g/mol. The first-order chi connectivity index (χ1) is 14.9. The van der Waals surface area contributed by atoms with Gasteiger partial charge in [0.2, 0.25) is 5.91 Å². The Labute approximate surface area is 183 Å². The highest BCUT2D eigenvalue weighted by molar-refractivity contribution is 5.97. The second kappa shape index (κ2) is 10.2. The van der Waals surface area contributed by atoms with Gasteiger partial charge in [-0.25, -0.2) is 4.79 Å². The summed E-state index contributed by atoms with van der Waals surface area (Å²) in [5.41, 5.74) is -0.962. The molecule has 4 amide bonds. The van der Waals surface area contributed by atoms with Gasteiger partial charge in [-0.05, 0) is 36.4 Å². The number of anilines is 2. The second-order valence-electron chi connectivity index (χ2n) is 7.96. The number of benzene rings is 2. The SMILES string of the molecule is CC(C)(C)C(=O)Nc1ccc(C(=O)NCCNC(=O)Nc2ccccc2C(F)(F)F)cc1. The highest BCUT2D eigenvalue weighted by Crippen LogP contribution is 2.34. The lowest BCUT2D eigenvalue weighted by Gasteiger charge is -2.17. The molecule has 0 spiro atoms. The third-order valence-corrected chi connectivity index (χ3v) is 4.26. The van der Waals surface area contributed by atoms with Crippen LogP contribution in [-0.4, -0.2) is 30.9 Å². The quantitative estimate of drug-likeness (QED) is 0.496. The number of hydrogen-bond donors (Lipinski definition) is 4. The largest absolute Gasteiger partial charge is 0.418 e. The van der Waals surface area contributed by atoms with E-state index < -0.39 is 29.1 Å². The zero-order valence-electron chi connectivity index (χ0n) is 17.9. The molecule has 0 aliphatic rings. The monoisotopic (exact) mass is 450 g/mol. The van der Waals surface area contributed by atoms with E-state index in [1.54, 1.807) is 45.0 Å². The Balaban J connectivity index is 1.79. The van der Waals surface area contributed by atoms with Crippen molar-refractivity contribution in [2.75, 3.05) is 23.7 Å². The van der Waals surface area contributed by atoms with Gasteiger partial charge in [-0.1, -0.05) is 32.9 Å². The molecule has 0 aliphatic carbocycles. The van der Waals surface area contributed by atoms with Gasteiger partial charge in [0.25, 0.3) is 5.91 Å². The predicted octanol–water partition coefficient (Wildman–Crippen LogP) is 4.24. The first-order valence-corrected chi connectivity index (χ1v) is 9.79. The predicted molar refractivity (Wildman–Crippen MR) is 115 cm³/mol. The van der Waals surface area contributed by atoms with E-state index in [4.69, 9.17) is 0 Å². The third kappa shape index (κ3) is 7.29. The van der Waals surface area contributed by atoms with Crippen LogP contribution in [0.15, 0.2) is 48.5 Å².